The van der Waals surface area contributed by atoms with Crippen LogP contribution in [0, 0.1) is 5.92 Å². The summed E-state index contributed by atoms with van der Waals surface area (Å²) in [6.07, 6.45) is 3.58. The zero-order valence-electron chi connectivity index (χ0n) is 8.82. The Hall–Kier alpha value is -0.900. The quantitative estimate of drug-likeness (QED) is 0.623. The van der Waals surface area contributed by atoms with E-state index >= 15 is 0 Å². The molecule has 0 unspecified atom stereocenters. The Bertz CT molecular complexity index is 290. The predicted molar refractivity (Wildman–Crippen MR) is 54.0 cm³/mol. The third-order valence-corrected chi connectivity index (χ3v) is 3.61. The number of nitrogens with zero attached hydrogens (tertiary/aromatic N) is 2. The minimum atomic E-state index is 0.0380. The first-order chi connectivity index (χ1) is 7.24. The van der Waals surface area contributed by atoms with Crippen LogP contribution in [-0.2, 0) is 9.59 Å². The van der Waals surface area contributed by atoms with Gasteiger partial charge in [0, 0.05) is 32.5 Å². The van der Waals surface area contributed by atoms with Crippen molar-refractivity contribution in [3.63, 3.8) is 0 Å². The van der Waals surface area contributed by atoms with Gasteiger partial charge in [-0.25, -0.2) is 0 Å². The first-order valence-corrected chi connectivity index (χ1v) is 5.81. The first kappa shape index (κ1) is 9.33. The molecule has 2 heterocycles. The van der Waals surface area contributed by atoms with Crippen molar-refractivity contribution in [3.05, 3.63) is 0 Å². The standard InChI is InChI=1S/C11H16N2O2/c14-10-3-4-11(15)13(10)9-6-12(7-9)5-8-1-2-8/h8-9H,1-7H2. The molecule has 2 amide bonds. The van der Waals surface area contributed by atoms with Crippen LogP contribution in [-0.4, -0.2) is 47.3 Å². The van der Waals surface area contributed by atoms with Crippen LogP contribution in [0.1, 0.15) is 25.7 Å². The maximum atomic E-state index is 11.4. The van der Waals surface area contributed by atoms with Crippen molar-refractivity contribution in [3.8, 4) is 0 Å². The Morgan fingerprint density at radius 1 is 1.07 bits per heavy atom. The summed E-state index contributed by atoms with van der Waals surface area (Å²) >= 11 is 0. The lowest BCUT2D eigenvalue weighted by molar-refractivity contribution is -0.145. The third kappa shape index (κ3) is 1.67. The zero-order valence-corrected chi connectivity index (χ0v) is 8.82. The van der Waals surface area contributed by atoms with Gasteiger partial charge in [-0.05, 0) is 18.8 Å². The van der Waals surface area contributed by atoms with Crippen molar-refractivity contribution >= 4 is 11.8 Å². The highest BCUT2D eigenvalue weighted by Crippen LogP contribution is 2.32. The molecule has 0 atom stereocenters. The maximum absolute atomic E-state index is 11.4. The van der Waals surface area contributed by atoms with E-state index in [4.69, 9.17) is 0 Å². The molecule has 15 heavy (non-hydrogen) atoms. The number of carbonyl (C=O) groups excluding carboxylic acids is 2. The Morgan fingerprint density at radius 3 is 2.20 bits per heavy atom. The number of hydrogen-bond donors (Lipinski definition) is 0. The Morgan fingerprint density at radius 2 is 1.67 bits per heavy atom. The molecule has 4 nitrogen and oxygen atoms in total. The van der Waals surface area contributed by atoms with Crippen molar-refractivity contribution in [2.24, 2.45) is 5.92 Å². The lowest BCUT2D eigenvalue weighted by Gasteiger charge is -2.43. The summed E-state index contributed by atoms with van der Waals surface area (Å²) in [4.78, 5) is 26.8. The maximum Gasteiger partial charge on any atom is 0.230 e. The molecule has 3 fully saturated rings. The second kappa shape index (κ2) is 3.30. The van der Waals surface area contributed by atoms with Crippen LogP contribution >= 0.6 is 0 Å². The fourth-order valence-electron chi connectivity index (χ4n) is 2.52. The summed E-state index contributed by atoms with van der Waals surface area (Å²) in [5, 5.41) is 0. The lowest BCUT2D eigenvalue weighted by Crippen LogP contribution is -2.60. The molecule has 3 rings (SSSR count). The average Bonchev–Trinajstić information content (AvgIpc) is 2.89. The number of imide groups is 1. The number of hydrogen-bond acceptors (Lipinski definition) is 3. The minimum Gasteiger partial charge on any atom is -0.299 e. The largest absolute Gasteiger partial charge is 0.299 e. The van der Waals surface area contributed by atoms with E-state index in [0.717, 1.165) is 19.0 Å². The highest BCUT2D eigenvalue weighted by atomic mass is 16.2. The number of rotatable bonds is 3. The molecule has 0 aromatic heterocycles. The predicted octanol–water partition coefficient (Wildman–Crippen LogP) is 0.230. The monoisotopic (exact) mass is 208 g/mol. The number of likely N-dealkylation sites (tertiary alicyclic amines) is 2. The molecule has 0 aromatic carbocycles. The van der Waals surface area contributed by atoms with Crippen molar-refractivity contribution < 1.29 is 9.59 Å². The van der Waals surface area contributed by atoms with Gasteiger partial charge in [0.25, 0.3) is 0 Å². The average molecular weight is 208 g/mol. The van der Waals surface area contributed by atoms with Gasteiger partial charge in [0.05, 0.1) is 6.04 Å². The van der Waals surface area contributed by atoms with Crippen molar-refractivity contribution in [2.75, 3.05) is 19.6 Å². The van der Waals surface area contributed by atoms with Crippen molar-refractivity contribution in [1.82, 2.24) is 9.80 Å². The summed E-state index contributed by atoms with van der Waals surface area (Å²) in [6, 6.07) is 0.186. The Kier molecular flexibility index (Phi) is 2.06. The molecule has 3 aliphatic rings. The van der Waals surface area contributed by atoms with Crippen molar-refractivity contribution in [2.45, 2.75) is 31.7 Å². The lowest BCUT2D eigenvalue weighted by atomic mass is 10.1. The molecule has 1 aliphatic carbocycles. The van der Waals surface area contributed by atoms with E-state index in [1.54, 1.807) is 0 Å². The van der Waals surface area contributed by atoms with Crippen LogP contribution in [0.4, 0.5) is 0 Å². The molecule has 1 saturated carbocycles. The molecular weight excluding hydrogens is 192 g/mol. The summed E-state index contributed by atoms with van der Waals surface area (Å²) in [5.74, 6) is 0.975. The van der Waals surface area contributed by atoms with E-state index < -0.39 is 0 Å². The fraction of sp³-hybridized carbons (Fsp3) is 0.818. The molecule has 2 aliphatic heterocycles. The highest BCUT2D eigenvalue weighted by Gasteiger charge is 2.42. The van der Waals surface area contributed by atoms with Gasteiger partial charge < -0.3 is 0 Å². The molecule has 0 spiro atoms. The summed E-state index contributed by atoms with van der Waals surface area (Å²) < 4.78 is 0. The van der Waals surface area contributed by atoms with Gasteiger partial charge in [-0.3, -0.25) is 19.4 Å². The molecular formula is C11H16N2O2. The topological polar surface area (TPSA) is 40.6 Å². The van der Waals surface area contributed by atoms with Crippen LogP contribution in [0.15, 0.2) is 0 Å². The fourth-order valence-corrected chi connectivity index (χ4v) is 2.52. The van der Waals surface area contributed by atoms with Gasteiger partial charge in [0.2, 0.25) is 11.8 Å². The van der Waals surface area contributed by atoms with Crippen LogP contribution < -0.4 is 0 Å². The second-order valence-electron chi connectivity index (χ2n) is 4.97. The van der Waals surface area contributed by atoms with Crippen LogP contribution in [0.3, 0.4) is 0 Å². The molecule has 0 bridgehead atoms. The van der Waals surface area contributed by atoms with E-state index in [9.17, 15) is 9.59 Å². The van der Waals surface area contributed by atoms with Gasteiger partial charge in [-0.15, -0.1) is 0 Å². The minimum absolute atomic E-state index is 0.0380. The zero-order chi connectivity index (χ0) is 10.4. The van der Waals surface area contributed by atoms with Crippen molar-refractivity contribution in [1.29, 1.82) is 0 Å². The third-order valence-electron chi connectivity index (χ3n) is 3.61. The molecule has 0 radical (unpaired) electrons. The van der Waals surface area contributed by atoms with E-state index in [-0.39, 0.29) is 17.9 Å². The van der Waals surface area contributed by atoms with E-state index in [1.807, 2.05) is 0 Å². The smallest absolute Gasteiger partial charge is 0.230 e. The Labute approximate surface area is 89.2 Å². The van der Waals surface area contributed by atoms with Gasteiger partial charge in [-0.2, -0.15) is 0 Å². The highest BCUT2D eigenvalue weighted by molar-refractivity contribution is 6.02. The SMILES string of the molecule is O=C1CCC(=O)N1C1CN(CC2CC2)C1. The summed E-state index contributed by atoms with van der Waals surface area (Å²) in [5.41, 5.74) is 0. The number of carbonyl (C=O) groups is 2. The van der Waals surface area contributed by atoms with Gasteiger partial charge in [0.1, 0.15) is 0 Å². The van der Waals surface area contributed by atoms with Crippen LogP contribution in [0.25, 0.3) is 0 Å². The number of amides is 2. The second-order valence-corrected chi connectivity index (χ2v) is 4.97. The molecule has 4 heteroatoms. The summed E-state index contributed by atoms with van der Waals surface area (Å²) in [7, 11) is 0. The Balaban J connectivity index is 1.52. The van der Waals surface area contributed by atoms with E-state index in [2.05, 4.69) is 4.90 Å². The molecule has 2 saturated heterocycles. The van der Waals surface area contributed by atoms with Gasteiger partial charge >= 0.3 is 0 Å². The molecule has 0 aromatic rings. The van der Waals surface area contributed by atoms with E-state index in [1.165, 1.54) is 24.3 Å². The normalized spacial score (nSPS) is 28.7. The summed E-state index contributed by atoms with van der Waals surface area (Å²) in [6.45, 7) is 2.99. The van der Waals surface area contributed by atoms with Crippen LogP contribution in [0.2, 0.25) is 0 Å². The first-order valence-electron chi connectivity index (χ1n) is 5.81. The molecule has 82 valence electrons. The van der Waals surface area contributed by atoms with Gasteiger partial charge in [0.15, 0.2) is 0 Å². The molecule has 0 N–H and O–H groups in total. The van der Waals surface area contributed by atoms with Gasteiger partial charge in [-0.1, -0.05) is 0 Å². The van der Waals surface area contributed by atoms with E-state index in [0.29, 0.717) is 12.8 Å². The van der Waals surface area contributed by atoms with Crippen LogP contribution in [0.5, 0.6) is 0 Å².